The number of rotatable bonds is 8. The fourth-order valence-electron chi connectivity index (χ4n) is 3.45. The number of halogens is 2. The van der Waals surface area contributed by atoms with Crippen LogP contribution in [0.4, 0.5) is 11.4 Å². The maximum absolute atomic E-state index is 13.3. The number of sulfonamides is 1. The number of hydrogen-bond donors (Lipinski definition) is 1. The van der Waals surface area contributed by atoms with E-state index in [2.05, 4.69) is 5.32 Å². The number of carbonyl (C=O) groups is 2. The van der Waals surface area contributed by atoms with E-state index >= 15 is 0 Å². The van der Waals surface area contributed by atoms with Gasteiger partial charge in [0.05, 0.1) is 17.6 Å². The zero-order chi connectivity index (χ0) is 24.2. The Bertz CT molecular complexity index is 1280. The lowest BCUT2D eigenvalue weighted by molar-refractivity contribution is -0.117. The van der Waals surface area contributed by atoms with Gasteiger partial charge < -0.3 is 5.32 Å². The largest absolute Gasteiger partial charge is 0.324 e. The first kappa shape index (κ1) is 24.8. The predicted molar refractivity (Wildman–Crippen MR) is 133 cm³/mol. The molecule has 1 atom stereocenters. The molecule has 1 amide bonds. The van der Waals surface area contributed by atoms with Gasteiger partial charge in [0, 0.05) is 21.2 Å². The molecule has 0 aromatic heterocycles. The van der Waals surface area contributed by atoms with Crippen LogP contribution in [-0.2, 0) is 14.8 Å². The van der Waals surface area contributed by atoms with Gasteiger partial charge >= 0.3 is 0 Å². The minimum absolute atomic E-state index is 0.182. The maximum Gasteiger partial charge on any atom is 0.248 e. The second-order valence-electron chi connectivity index (χ2n) is 7.34. The van der Waals surface area contributed by atoms with Crippen LogP contribution in [0.25, 0.3) is 0 Å². The number of benzene rings is 3. The lowest BCUT2D eigenvalue weighted by Crippen LogP contribution is -2.47. The average Bonchev–Trinajstić information content (AvgIpc) is 2.77. The molecule has 6 nitrogen and oxygen atoms in total. The first-order chi connectivity index (χ1) is 15.6. The van der Waals surface area contributed by atoms with Crippen LogP contribution in [0.3, 0.4) is 0 Å². The minimum atomic E-state index is -3.83. The van der Waals surface area contributed by atoms with Gasteiger partial charge in [0.2, 0.25) is 15.9 Å². The molecule has 0 bridgehead atoms. The lowest BCUT2D eigenvalue weighted by Gasteiger charge is -2.30. The van der Waals surface area contributed by atoms with Crippen molar-refractivity contribution in [1.82, 2.24) is 0 Å². The fourth-order valence-corrected chi connectivity index (χ4v) is 5.01. The standard InChI is InChI=1S/C24H22Cl2N2O4S/c1-3-22(28(33(2,31)32)19-11-7-10-17(25)14-19)24(30)27-21-13-12-18(26)15-20(21)23(29)16-8-5-4-6-9-16/h4-15,22H,3H2,1-2H3,(H,27,30)/t22-/m0/s1. The summed E-state index contributed by atoms with van der Waals surface area (Å²) in [6.07, 6.45) is 1.21. The Kier molecular flexibility index (Phi) is 7.79. The molecule has 3 aromatic carbocycles. The van der Waals surface area contributed by atoms with Gasteiger partial charge in [-0.15, -0.1) is 0 Å². The summed E-state index contributed by atoms with van der Waals surface area (Å²) in [5.41, 5.74) is 1.13. The predicted octanol–water partition coefficient (Wildman–Crippen LogP) is 5.41. The molecule has 0 saturated carbocycles. The van der Waals surface area contributed by atoms with Crippen molar-refractivity contribution in [2.24, 2.45) is 0 Å². The Morgan fingerprint density at radius 1 is 0.939 bits per heavy atom. The van der Waals surface area contributed by atoms with E-state index in [0.29, 0.717) is 15.6 Å². The molecule has 0 radical (unpaired) electrons. The Morgan fingerprint density at radius 2 is 1.61 bits per heavy atom. The summed E-state index contributed by atoms with van der Waals surface area (Å²) < 4.78 is 26.3. The molecule has 0 saturated heterocycles. The number of ketones is 1. The highest BCUT2D eigenvalue weighted by Crippen LogP contribution is 2.28. The minimum Gasteiger partial charge on any atom is -0.324 e. The van der Waals surface area contributed by atoms with E-state index in [1.165, 1.54) is 18.2 Å². The van der Waals surface area contributed by atoms with Gasteiger partial charge in [0.15, 0.2) is 5.78 Å². The van der Waals surface area contributed by atoms with Crippen LogP contribution in [0.1, 0.15) is 29.3 Å². The van der Waals surface area contributed by atoms with E-state index in [1.54, 1.807) is 61.5 Å². The molecular weight excluding hydrogens is 483 g/mol. The highest BCUT2D eigenvalue weighted by Gasteiger charge is 2.32. The number of amides is 1. The molecule has 0 heterocycles. The Hall–Kier alpha value is -2.87. The summed E-state index contributed by atoms with van der Waals surface area (Å²) in [6, 6.07) is 18.3. The third-order valence-corrected chi connectivity index (χ3v) is 6.56. The maximum atomic E-state index is 13.3. The van der Waals surface area contributed by atoms with Gasteiger partial charge in [0.1, 0.15) is 6.04 Å². The smallest absolute Gasteiger partial charge is 0.248 e. The summed E-state index contributed by atoms with van der Waals surface area (Å²) in [4.78, 5) is 26.4. The van der Waals surface area contributed by atoms with E-state index in [1.807, 2.05) is 0 Å². The van der Waals surface area contributed by atoms with Crippen molar-refractivity contribution in [3.63, 3.8) is 0 Å². The number of hydrogen-bond acceptors (Lipinski definition) is 4. The van der Waals surface area contributed by atoms with E-state index in [9.17, 15) is 18.0 Å². The van der Waals surface area contributed by atoms with Crippen LogP contribution in [0.15, 0.2) is 72.8 Å². The normalized spacial score (nSPS) is 12.1. The van der Waals surface area contributed by atoms with Crippen molar-refractivity contribution in [3.05, 3.63) is 94.0 Å². The highest BCUT2D eigenvalue weighted by atomic mass is 35.5. The van der Waals surface area contributed by atoms with Crippen LogP contribution in [-0.4, -0.2) is 32.4 Å². The summed E-state index contributed by atoms with van der Waals surface area (Å²) in [5.74, 6) is -0.913. The molecule has 9 heteroatoms. The summed E-state index contributed by atoms with van der Waals surface area (Å²) >= 11 is 12.2. The average molecular weight is 505 g/mol. The van der Waals surface area contributed by atoms with Gasteiger partial charge in [0.25, 0.3) is 0 Å². The highest BCUT2D eigenvalue weighted by molar-refractivity contribution is 7.92. The van der Waals surface area contributed by atoms with Gasteiger partial charge in [-0.25, -0.2) is 8.42 Å². The monoisotopic (exact) mass is 504 g/mol. The van der Waals surface area contributed by atoms with Crippen molar-refractivity contribution in [2.45, 2.75) is 19.4 Å². The molecule has 1 N–H and O–H groups in total. The summed E-state index contributed by atoms with van der Waals surface area (Å²) in [6.45, 7) is 1.70. The molecule has 3 aromatic rings. The zero-order valence-corrected chi connectivity index (χ0v) is 20.3. The van der Waals surface area contributed by atoms with Crippen LogP contribution in [0, 0.1) is 0 Å². The lowest BCUT2D eigenvalue weighted by atomic mass is 10.0. The third-order valence-electron chi connectivity index (χ3n) is 4.91. The number of nitrogens with zero attached hydrogens (tertiary/aromatic N) is 1. The Labute approximate surface area is 203 Å². The number of nitrogens with one attached hydrogen (secondary N) is 1. The Balaban J connectivity index is 1.99. The van der Waals surface area contributed by atoms with E-state index < -0.39 is 22.0 Å². The molecule has 33 heavy (non-hydrogen) atoms. The second kappa shape index (κ2) is 10.4. The third kappa shape index (κ3) is 5.93. The Morgan fingerprint density at radius 3 is 2.21 bits per heavy atom. The van der Waals surface area contributed by atoms with Crippen LogP contribution < -0.4 is 9.62 Å². The summed E-state index contributed by atoms with van der Waals surface area (Å²) in [5, 5.41) is 3.39. The van der Waals surface area contributed by atoms with Gasteiger partial charge in [-0.05, 0) is 42.8 Å². The van der Waals surface area contributed by atoms with Gasteiger partial charge in [-0.2, -0.15) is 0 Å². The van der Waals surface area contributed by atoms with Crippen molar-refractivity contribution in [2.75, 3.05) is 15.9 Å². The number of anilines is 2. The molecule has 0 spiro atoms. The topological polar surface area (TPSA) is 83.6 Å². The van der Waals surface area contributed by atoms with Crippen LogP contribution >= 0.6 is 23.2 Å². The zero-order valence-electron chi connectivity index (χ0n) is 18.0. The van der Waals surface area contributed by atoms with Crippen LogP contribution in [0.5, 0.6) is 0 Å². The van der Waals surface area contributed by atoms with E-state index in [0.717, 1.165) is 10.6 Å². The molecule has 172 valence electrons. The summed E-state index contributed by atoms with van der Waals surface area (Å²) in [7, 11) is -3.83. The molecule has 0 aliphatic rings. The van der Waals surface area contributed by atoms with Crippen molar-refractivity contribution >= 4 is 56.3 Å². The van der Waals surface area contributed by atoms with Crippen LogP contribution in [0.2, 0.25) is 10.0 Å². The molecule has 0 unspecified atom stereocenters. The second-order valence-corrected chi connectivity index (χ2v) is 10.1. The van der Waals surface area contributed by atoms with E-state index in [-0.39, 0.29) is 29.1 Å². The molecular formula is C24H22Cl2N2O4S. The molecule has 3 rings (SSSR count). The van der Waals surface area contributed by atoms with Crippen molar-refractivity contribution in [1.29, 1.82) is 0 Å². The van der Waals surface area contributed by atoms with Crippen molar-refractivity contribution < 1.29 is 18.0 Å². The molecule has 0 aliphatic carbocycles. The quantitative estimate of drug-likeness (QED) is 0.415. The van der Waals surface area contributed by atoms with Crippen molar-refractivity contribution in [3.8, 4) is 0 Å². The SMILES string of the molecule is CC[C@@H](C(=O)Nc1ccc(Cl)cc1C(=O)c1ccccc1)N(c1cccc(Cl)c1)S(C)(=O)=O. The van der Waals surface area contributed by atoms with Gasteiger partial charge in [-0.1, -0.05) is 66.5 Å². The first-order valence-electron chi connectivity index (χ1n) is 10.1. The van der Waals surface area contributed by atoms with E-state index in [4.69, 9.17) is 23.2 Å². The molecule has 0 fully saturated rings. The van der Waals surface area contributed by atoms with Gasteiger partial charge in [-0.3, -0.25) is 13.9 Å². The number of carbonyl (C=O) groups excluding carboxylic acids is 2. The molecule has 0 aliphatic heterocycles. The fraction of sp³-hybridized carbons (Fsp3) is 0.167. The first-order valence-corrected chi connectivity index (χ1v) is 12.7.